The normalized spacial score (nSPS) is 10.6. The Bertz CT molecular complexity index is 822. The molecular formula is C17H14O4S. The number of benzene rings is 2. The van der Waals surface area contributed by atoms with Crippen LogP contribution in [-0.2, 0) is 6.61 Å². The molecule has 22 heavy (non-hydrogen) atoms. The Morgan fingerprint density at radius 2 is 1.91 bits per heavy atom. The Labute approximate surface area is 131 Å². The molecule has 112 valence electrons. The SMILES string of the molecule is COc1ccccc1OCc1cc2cccc(C(=O)O)c2s1. The molecule has 0 aliphatic carbocycles. The molecule has 0 spiro atoms. The summed E-state index contributed by atoms with van der Waals surface area (Å²) in [6.07, 6.45) is 0. The summed E-state index contributed by atoms with van der Waals surface area (Å²) in [7, 11) is 1.60. The molecular weight excluding hydrogens is 300 g/mol. The summed E-state index contributed by atoms with van der Waals surface area (Å²) in [5.41, 5.74) is 0.325. The number of carbonyl (C=O) groups is 1. The zero-order chi connectivity index (χ0) is 15.5. The van der Waals surface area contributed by atoms with Crippen molar-refractivity contribution in [2.75, 3.05) is 7.11 Å². The molecule has 0 saturated carbocycles. The van der Waals surface area contributed by atoms with Gasteiger partial charge in [0.25, 0.3) is 0 Å². The van der Waals surface area contributed by atoms with E-state index in [1.807, 2.05) is 36.4 Å². The van der Waals surface area contributed by atoms with Gasteiger partial charge in [-0.3, -0.25) is 0 Å². The third-order valence-corrected chi connectivity index (χ3v) is 4.42. The minimum Gasteiger partial charge on any atom is -0.493 e. The number of methoxy groups -OCH3 is 1. The highest BCUT2D eigenvalue weighted by molar-refractivity contribution is 7.19. The van der Waals surface area contributed by atoms with E-state index < -0.39 is 5.97 Å². The van der Waals surface area contributed by atoms with E-state index in [1.54, 1.807) is 19.2 Å². The zero-order valence-corrected chi connectivity index (χ0v) is 12.7. The maximum atomic E-state index is 11.2. The van der Waals surface area contributed by atoms with Crippen LogP contribution in [0.2, 0.25) is 0 Å². The van der Waals surface area contributed by atoms with Crippen molar-refractivity contribution in [3.05, 3.63) is 59.0 Å². The third-order valence-electron chi connectivity index (χ3n) is 3.26. The standard InChI is InChI=1S/C17H14O4S/c1-20-14-7-2-3-8-15(14)21-10-12-9-11-5-4-6-13(17(18)19)16(11)22-12/h2-9H,10H2,1H3,(H,18,19). The molecule has 0 aliphatic heterocycles. The fraction of sp³-hybridized carbons (Fsp3) is 0.118. The van der Waals surface area contributed by atoms with Gasteiger partial charge in [0, 0.05) is 9.58 Å². The average molecular weight is 314 g/mol. The molecule has 0 unspecified atom stereocenters. The number of carboxylic acids is 1. The van der Waals surface area contributed by atoms with Crippen LogP contribution >= 0.6 is 11.3 Å². The van der Waals surface area contributed by atoms with Crippen LogP contribution in [0.5, 0.6) is 11.5 Å². The summed E-state index contributed by atoms with van der Waals surface area (Å²) in [4.78, 5) is 12.2. The van der Waals surface area contributed by atoms with Gasteiger partial charge in [-0.25, -0.2) is 4.79 Å². The molecule has 5 heteroatoms. The molecule has 2 aromatic carbocycles. The Hall–Kier alpha value is -2.53. The number of para-hydroxylation sites is 2. The number of ether oxygens (including phenoxy) is 2. The van der Waals surface area contributed by atoms with Gasteiger partial charge in [0.2, 0.25) is 0 Å². The van der Waals surface area contributed by atoms with Crippen molar-refractivity contribution >= 4 is 27.4 Å². The number of fused-ring (bicyclic) bond motifs is 1. The Balaban J connectivity index is 1.86. The molecule has 3 aromatic rings. The van der Waals surface area contributed by atoms with Gasteiger partial charge in [0.1, 0.15) is 6.61 Å². The van der Waals surface area contributed by atoms with E-state index in [-0.39, 0.29) is 0 Å². The first-order valence-electron chi connectivity index (χ1n) is 6.69. The maximum absolute atomic E-state index is 11.2. The van der Waals surface area contributed by atoms with Crippen molar-refractivity contribution in [3.63, 3.8) is 0 Å². The van der Waals surface area contributed by atoms with Crippen molar-refractivity contribution in [2.24, 2.45) is 0 Å². The van der Waals surface area contributed by atoms with E-state index in [0.717, 1.165) is 15.0 Å². The minimum atomic E-state index is -0.912. The van der Waals surface area contributed by atoms with Crippen LogP contribution in [0.3, 0.4) is 0 Å². The molecule has 0 bridgehead atoms. The van der Waals surface area contributed by atoms with Gasteiger partial charge in [-0.05, 0) is 29.7 Å². The topological polar surface area (TPSA) is 55.8 Å². The fourth-order valence-corrected chi connectivity index (χ4v) is 3.32. The molecule has 0 atom stereocenters. The molecule has 4 nitrogen and oxygen atoms in total. The van der Waals surface area contributed by atoms with Crippen molar-refractivity contribution in [3.8, 4) is 11.5 Å². The largest absolute Gasteiger partial charge is 0.493 e. The molecule has 3 rings (SSSR count). The molecule has 1 N–H and O–H groups in total. The smallest absolute Gasteiger partial charge is 0.337 e. The van der Waals surface area contributed by atoms with Gasteiger partial charge in [-0.1, -0.05) is 24.3 Å². The van der Waals surface area contributed by atoms with Gasteiger partial charge in [-0.2, -0.15) is 0 Å². The van der Waals surface area contributed by atoms with E-state index >= 15 is 0 Å². The summed E-state index contributed by atoms with van der Waals surface area (Å²) in [6, 6.07) is 14.7. The van der Waals surface area contributed by atoms with Crippen molar-refractivity contribution in [1.29, 1.82) is 0 Å². The molecule has 0 aliphatic rings. The predicted octanol–water partition coefficient (Wildman–Crippen LogP) is 4.19. The average Bonchev–Trinajstić information content (AvgIpc) is 2.95. The molecule has 1 aromatic heterocycles. The Kier molecular flexibility index (Phi) is 3.98. The van der Waals surface area contributed by atoms with Crippen LogP contribution in [0.15, 0.2) is 48.5 Å². The Morgan fingerprint density at radius 1 is 1.14 bits per heavy atom. The van der Waals surface area contributed by atoms with E-state index in [1.165, 1.54) is 11.3 Å². The zero-order valence-electron chi connectivity index (χ0n) is 11.9. The van der Waals surface area contributed by atoms with Gasteiger partial charge < -0.3 is 14.6 Å². The lowest BCUT2D eigenvalue weighted by Gasteiger charge is -2.08. The number of aromatic carboxylic acids is 1. The first-order chi connectivity index (χ1) is 10.7. The lowest BCUT2D eigenvalue weighted by atomic mass is 10.1. The second-order valence-corrected chi connectivity index (χ2v) is 5.82. The van der Waals surface area contributed by atoms with Gasteiger partial charge in [0.05, 0.1) is 12.7 Å². The molecule has 0 amide bonds. The van der Waals surface area contributed by atoms with Crippen LogP contribution in [0.1, 0.15) is 15.2 Å². The van der Waals surface area contributed by atoms with Crippen LogP contribution in [0.25, 0.3) is 10.1 Å². The third kappa shape index (κ3) is 2.76. The summed E-state index contributed by atoms with van der Waals surface area (Å²) < 4.78 is 11.8. The number of carboxylic acid groups (broad SMARTS) is 1. The molecule has 0 saturated heterocycles. The monoisotopic (exact) mass is 314 g/mol. The first-order valence-corrected chi connectivity index (χ1v) is 7.51. The predicted molar refractivity (Wildman–Crippen MR) is 86.1 cm³/mol. The minimum absolute atomic E-state index is 0.325. The van der Waals surface area contributed by atoms with Crippen LogP contribution in [-0.4, -0.2) is 18.2 Å². The van der Waals surface area contributed by atoms with E-state index in [9.17, 15) is 9.90 Å². The lowest BCUT2D eigenvalue weighted by Crippen LogP contribution is -1.95. The van der Waals surface area contributed by atoms with E-state index in [4.69, 9.17) is 9.47 Å². The number of thiophene rings is 1. The number of hydrogen-bond acceptors (Lipinski definition) is 4. The summed E-state index contributed by atoms with van der Waals surface area (Å²) in [6.45, 7) is 0.374. The van der Waals surface area contributed by atoms with Gasteiger partial charge in [-0.15, -0.1) is 11.3 Å². The quantitative estimate of drug-likeness (QED) is 0.767. The second-order valence-electron chi connectivity index (χ2n) is 4.68. The van der Waals surface area contributed by atoms with E-state index in [2.05, 4.69) is 0 Å². The number of hydrogen-bond donors (Lipinski definition) is 1. The first kappa shape index (κ1) is 14.4. The summed E-state index contributed by atoms with van der Waals surface area (Å²) in [5, 5.41) is 10.1. The summed E-state index contributed by atoms with van der Waals surface area (Å²) >= 11 is 1.44. The number of rotatable bonds is 5. The molecule has 0 fully saturated rings. The summed E-state index contributed by atoms with van der Waals surface area (Å²) in [5.74, 6) is 0.431. The van der Waals surface area contributed by atoms with E-state index in [0.29, 0.717) is 23.7 Å². The highest BCUT2D eigenvalue weighted by atomic mass is 32.1. The van der Waals surface area contributed by atoms with Crippen LogP contribution in [0, 0.1) is 0 Å². The highest BCUT2D eigenvalue weighted by Gasteiger charge is 2.12. The highest BCUT2D eigenvalue weighted by Crippen LogP contribution is 2.31. The fourth-order valence-electron chi connectivity index (χ4n) is 2.24. The molecule has 1 heterocycles. The molecule has 0 radical (unpaired) electrons. The van der Waals surface area contributed by atoms with Gasteiger partial charge >= 0.3 is 5.97 Å². The van der Waals surface area contributed by atoms with Crippen molar-refractivity contribution in [2.45, 2.75) is 6.61 Å². The van der Waals surface area contributed by atoms with Crippen molar-refractivity contribution in [1.82, 2.24) is 0 Å². The van der Waals surface area contributed by atoms with Crippen LogP contribution < -0.4 is 9.47 Å². The Morgan fingerprint density at radius 3 is 2.64 bits per heavy atom. The lowest BCUT2D eigenvalue weighted by molar-refractivity contribution is 0.0699. The van der Waals surface area contributed by atoms with Gasteiger partial charge in [0.15, 0.2) is 11.5 Å². The van der Waals surface area contributed by atoms with Crippen molar-refractivity contribution < 1.29 is 19.4 Å². The second kappa shape index (κ2) is 6.07. The van der Waals surface area contributed by atoms with Crippen LogP contribution in [0.4, 0.5) is 0 Å². The maximum Gasteiger partial charge on any atom is 0.337 e.